The van der Waals surface area contributed by atoms with Crippen molar-refractivity contribution in [1.82, 2.24) is 0 Å². The molecule has 0 N–H and O–H groups in total. The van der Waals surface area contributed by atoms with Gasteiger partial charge in [0.2, 0.25) is 0 Å². The maximum Gasteiger partial charge on any atom is 0.190 e. The third-order valence-electron chi connectivity index (χ3n) is 4.71. The Labute approximate surface area is 134 Å². The van der Waals surface area contributed by atoms with Crippen LogP contribution >= 0.6 is 0 Å². The predicted molar refractivity (Wildman–Crippen MR) is 77.4 cm³/mol. The number of ether oxygens (including phenoxy) is 6. The fourth-order valence-corrected chi connectivity index (χ4v) is 3.62. The zero-order valence-electron chi connectivity index (χ0n) is 13.1. The second kappa shape index (κ2) is 4.99. The normalized spacial score (nSPS) is 43.9. The Hall–Kier alpha value is -1.02. The van der Waals surface area contributed by atoms with Crippen molar-refractivity contribution in [1.29, 1.82) is 0 Å². The molecule has 6 nitrogen and oxygen atoms in total. The number of fused-ring (bicyclic) bond motifs is 3. The zero-order chi connectivity index (χ0) is 15.6. The molecule has 23 heavy (non-hydrogen) atoms. The predicted octanol–water partition coefficient (Wildman–Crippen LogP) is 2.05. The van der Waals surface area contributed by atoms with Crippen molar-refractivity contribution < 1.29 is 28.4 Å². The summed E-state index contributed by atoms with van der Waals surface area (Å²) in [5, 5.41) is 0. The van der Waals surface area contributed by atoms with Crippen LogP contribution in [0.25, 0.3) is 0 Å². The van der Waals surface area contributed by atoms with E-state index in [1.54, 1.807) is 0 Å². The van der Waals surface area contributed by atoms with Crippen LogP contribution in [0.1, 0.15) is 37.4 Å². The van der Waals surface area contributed by atoms with Crippen LogP contribution in [0.5, 0.6) is 0 Å². The molecule has 6 heteroatoms. The second-order valence-electron chi connectivity index (χ2n) is 6.86. The summed E-state index contributed by atoms with van der Waals surface area (Å²) in [6.45, 7) is 5.00. The maximum absolute atomic E-state index is 6.21. The molecule has 4 heterocycles. The lowest BCUT2D eigenvalue weighted by atomic mass is 10.0. The molecule has 4 fully saturated rings. The second-order valence-corrected chi connectivity index (χ2v) is 6.86. The van der Waals surface area contributed by atoms with Crippen molar-refractivity contribution in [3.8, 4) is 0 Å². The monoisotopic (exact) mass is 320 g/mol. The van der Waals surface area contributed by atoms with Gasteiger partial charge in [-0.2, -0.15) is 0 Å². The minimum absolute atomic E-state index is 0.151. The zero-order valence-corrected chi connectivity index (χ0v) is 13.1. The van der Waals surface area contributed by atoms with Gasteiger partial charge < -0.3 is 28.4 Å². The van der Waals surface area contributed by atoms with Crippen molar-refractivity contribution in [2.75, 3.05) is 13.2 Å². The van der Waals surface area contributed by atoms with Gasteiger partial charge in [0.05, 0.1) is 13.2 Å². The van der Waals surface area contributed by atoms with Crippen molar-refractivity contribution in [3.05, 3.63) is 35.4 Å². The summed E-state index contributed by atoms with van der Waals surface area (Å²) in [6.07, 6.45) is -1.20. The molecule has 0 spiro atoms. The van der Waals surface area contributed by atoms with Crippen LogP contribution in [0.15, 0.2) is 24.3 Å². The van der Waals surface area contributed by atoms with E-state index in [2.05, 4.69) is 6.07 Å². The van der Waals surface area contributed by atoms with Crippen LogP contribution < -0.4 is 0 Å². The standard InChI is InChI=1S/C17H20O6/c1-17(2)22-14-13-12(20-16(14)23-17)8-19-15(21-13)10-6-4-3-5-9(10)11-7-18-11/h3-6,11-16H,7-8H2,1-2H3/t11-,12+,13-,14+,15-,16+/m0/s1. The average molecular weight is 320 g/mol. The van der Waals surface area contributed by atoms with Gasteiger partial charge in [-0.25, -0.2) is 0 Å². The molecule has 0 saturated carbocycles. The Balaban J connectivity index is 1.39. The van der Waals surface area contributed by atoms with E-state index in [9.17, 15) is 0 Å². The topological polar surface area (TPSA) is 58.7 Å². The van der Waals surface area contributed by atoms with Gasteiger partial charge in [0.1, 0.15) is 24.4 Å². The van der Waals surface area contributed by atoms with Gasteiger partial charge in [-0.15, -0.1) is 0 Å². The SMILES string of the molecule is CC1(C)O[C@H]2O[C@@H]3CO[C@H](c4ccccc4[C@@H]4CO4)O[C@@H]3[C@H]2O1. The molecule has 0 aromatic heterocycles. The lowest BCUT2D eigenvalue weighted by Crippen LogP contribution is -2.44. The van der Waals surface area contributed by atoms with Gasteiger partial charge in [0.15, 0.2) is 18.4 Å². The highest BCUT2D eigenvalue weighted by Gasteiger charge is 2.57. The molecule has 4 aliphatic rings. The van der Waals surface area contributed by atoms with Gasteiger partial charge in [0, 0.05) is 5.56 Å². The van der Waals surface area contributed by atoms with Gasteiger partial charge in [-0.1, -0.05) is 24.3 Å². The van der Waals surface area contributed by atoms with Gasteiger partial charge in [0.25, 0.3) is 0 Å². The van der Waals surface area contributed by atoms with E-state index in [4.69, 9.17) is 28.4 Å². The molecule has 6 atom stereocenters. The molecular formula is C17H20O6. The van der Waals surface area contributed by atoms with Crippen LogP contribution in [0.2, 0.25) is 0 Å². The molecule has 0 aliphatic carbocycles. The minimum Gasteiger partial charge on any atom is -0.368 e. The summed E-state index contributed by atoms with van der Waals surface area (Å²) in [5.41, 5.74) is 2.16. The summed E-state index contributed by atoms with van der Waals surface area (Å²) in [7, 11) is 0. The molecule has 0 unspecified atom stereocenters. The molecule has 0 radical (unpaired) electrons. The highest BCUT2D eigenvalue weighted by atomic mass is 16.9. The van der Waals surface area contributed by atoms with Crippen molar-refractivity contribution in [2.24, 2.45) is 0 Å². The highest BCUT2D eigenvalue weighted by Crippen LogP contribution is 2.44. The van der Waals surface area contributed by atoms with Crippen LogP contribution in [-0.2, 0) is 28.4 Å². The lowest BCUT2D eigenvalue weighted by Gasteiger charge is -2.34. The molecule has 1 aromatic carbocycles. The van der Waals surface area contributed by atoms with Crippen molar-refractivity contribution in [2.45, 2.75) is 56.6 Å². The molecule has 1 aromatic rings. The van der Waals surface area contributed by atoms with Crippen LogP contribution in [-0.4, -0.2) is 43.6 Å². The number of hydrogen-bond acceptors (Lipinski definition) is 6. The molecule has 5 rings (SSSR count). The Kier molecular flexibility index (Phi) is 3.11. The first kappa shape index (κ1) is 14.3. The smallest absolute Gasteiger partial charge is 0.190 e. The number of rotatable bonds is 2. The Morgan fingerprint density at radius 3 is 2.48 bits per heavy atom. The number of benzene rings is 1. The van der Waals surface area contributed by atoms with E-state index in [0.29, 0.717) is 6.61 Å². The summed E-state index contributed by atoms with van der Waals surface area (Å²) < 4.78 is 35.2. The maximum atomic E-state index is 6.21. The van der Waals surface area contributed by atoms with Crippen LogP contribution in [0, 0.1) is 0 Å². The fourth-order valence-electron chi connectivity index (χ4n) is 3.62. The van der Waals surface area contributed by atoms with Gasteiger partial charge in [-0.05, 0) is 19.4 Å². The minimum atomic E-state index is -0.642. The molecule has 4 saturated heterocycles. The largest absolute Gasteiger partial charge is 0.368 e. The third kappa shape index (κ3) is 2.41. The Bertz CT molecular complexity index is 613. The van der Waals surface area contributed by atoms with E-state index in [-0.39, 0.29) is 30.7 Å². The summed E-state index contributed by atoms with van der Waals surface area (Å²) in [5.74, 6) is -0.642. The van der Waals surface area contributed by atoms with Crippen LogP contribution in [0.3, 0.4) is 0 Å². The number of hydrogen-bond donors (Lipinski definition) is 0. The van der Waals surface area contributed by atoms with Crippen LogP contribution in [0.4, 0.5) is 0 Å². The first-order valence-electron chi connectivity index (χ1n) is 8.09. The Morgan fingerprint density at radius 2 is 1.70 bits per heavy atom. The van der Waals surface area contributed by atoms with E-state index in [0.717, 1.165) is 17.7 Å². The lowest BCUT2D eigenvalue weighted by molar-refractivity contribution is -0.285. The first-order chi connectivity index (χ1) is 11.1. The molecule has 124 valence electrons. The fraction of sp³-hybridized carbons (Fsp3) is 0.647. The van der Waals surface area contributed by atoms with E-state index in [1.807, 2.05) is 32.0 Å². The quantitative estimate of drug-likeness (QED) is 0.777. The van der Waals surface area contributed by atoms with Gasteiger partial charge >= 0.3 is 0 Å². The van der Waals surface area contributed by atoms with Gasteiger partial charge in [-0.3, -0.25) is 0 Å². The average Bonchev–Trinajstić information content (AvgIpc) is 3.26. The summed E-state index contributed by atoms with van der Waals surface area (Å²) in [6, 6.07) is 8.10. The van der Waals surface area contributed by atoms with Crippen molar-refractivity contribution in [3.63, 3.8) is 0 Å². The van der Waals surface area contributed by atoms with E-state index < -0.39 is 12.1 Å². The third-order valence-corrected chi connectivity index (χ3v) is 4.71. The summed E-state index contributed by atoms with van der Waals surface area (Å²) in [4.78, 5) is 0. The van der Waals surface area contributed by atoms with Crippen molar-refractivity contribution >= 4 is 0 Å². The molecule has 0 amide bonds. The molecular weight excluding hydrogens is 300 g/mol. The number of epoxide rings is 1. The Morgan fingerprint density at radius 1 is 0.913 bits per heavy atom. The highest BCUT2D eigenvalue weighted by molar-refractivity contribution is 5.32. The molecule has 4 aliphatic heterocycles. The van der Waals surface area contributed by atoms with E-state index >= 15 is 0 Å². The molecule has 0 bridgehead atoms. The first-order valence-corrected chi connectivity index (χ1v) is 8.09. The van der Waals surface area contributed by atoms with E-state index in [1.165, 1.54) is 0 Å². The summed E-state index contributed by atoms with van der Waals surface area (Å²) >= 11 is 0.